The molecule has 1 aromatic carbocycles. The second-order valence-electron chi connectivity index (χ2n) is 4.64. The van der Waals surface area contributed by atoms with Crippen molar-refractivity contribution in [3.8, 4) is 11.5 Å². The van der Waals surface area contributed by atoms with Gasteiger partial charge in [0.15, 0.2) is 18.1 Å². The Morgan fingerprint density at radius 1 is 1.17 bits per heavy atom. The summed E-state index contributed by atoms with van der Waals surface area (Å²) >= 11 is 3.38. The minimum atomic E-state index is -0.502. The number of carbonyl (C=O) groups excluding carboxylic acids is 2. The topological polar surface area (TPSA) is 77.6 Å². The van der Waals surface area contributed by atoms with Gasteiger partial charge >= 0.3 is 5.97 Å². The molecule has 0 radical (unpaired) electrons. The van der Waals surface area contributed by atoms with E-state index in [0.717, 1.165) is 0 Å². The molecule has 0 saturated carbocycles. The molecular formula is C16H16BrNO5. The van der Waals surface area contributed by atoms with Crippen molar-refractivity contribution in [3.63, 3.8) is 0 Å². The molecule has 2 aromatic rings. The first-order valence-corrected chi connectivity index (χ1v) is 7.57. The number of hydrogen-bond donors (Lipinski definition) is 1. The number of methoxy groups -OCH3 is 2. The van der Waals surface area contributed by atoms with Crippen molar-refractivity contribution in [2.45, 2.75) is 6.42 Å². The van der Waals surface area contributed by atoms with Gasteiger partial charge in [0.2, 0.25) is 5.78 Å². The largest absolute Gasteiger partial charge is 0.493 e. The maximum absolute atomic E-state index is 11.9. The number of nitrogens with one attached hydrogen (secondary N) is 1. The van der Waals surface area contributed by atoms with Crippen molar-refractivity contribution in [2.75, 3.05) is 20.8 Å². The molecule has 2 rings (SSSR count). The van der Waals surface area contributed by atoms with E-state index in [-0.39, 0.29) is 18.8 Å². The van der Waals surface area contributed by atoms with Crippen LogP contribution in [0.3, 0.4) is 0 Å². The Kier molecular flexibility index (Phi) is 5.81. The van der Waals surface area contributed by atoms with Gasteiger partial charge in [-0.3, -0.25) is 9.59 Å². The summed E-state index contributed by atoms with van der Waals surface area (Å²) in [6.07, 6.45) is 1.65. The summed E-state index contributed by atoms with van der Waals surface area (Å²) in [5.41, 5.74) is 1.09. The summed E-state index contributed by atoms with van der Waals surface area (Å²) in [7, 11) is 3.05. The van der Waals surface area contributed by atoms with Crippen molar-refractivity contribution < 1.29 is 23.8 Å². The number of Topliss-reactive ketones (excluding diaryl/α,β-unsaturated/α-hetero) is 1. The first-order valence-electron chi connectivity index (χ1n) is 6.77. The summed E-state index contributed by atoms with van der Waals surface area (Å²) in [5, 5.41) is 0. The summed E-state index contributed by atoms with van der Waals surface area (Å²) in [6.45, 7) is -0.301. The predicted molar refractivity (Wildman–Crippen MR) is 87.0 cm³/mol. The molecule has 0 bridgehead atoms. The molecule has 0 saturated heterocycles. The summed E-state index contributed by atoms with van der Waals surface area (Å²) in [6, 6.07) is 6.74. The molecule has 1 aromatic heterocycles. The minimum Gasteiger partial charge on any atom is -0.493 e. The second-order valence-corrected chi connectivity index (χ2v) is 5.50. The van der Waals surface area contributed by atoms with E-state index < -0.39 is 5.97 Å². The highest BCUT2D eigenvalue weighted by atomic mass is 79.9. The van der Waals surface area contributed by atoms with Gasteiger partial charge < -0.3 is 19.2 Å². The molecule has 0 atom stereocenters. The van der Waals surface area contributed by atoms with Crippen LogP contribution in [0, 0.1) is 0 Å². The molecule has 0 aliphatic carbocycles. The molecule has 1 N–H and O–H groups in total. The lowest BCUT2D eigenvalue weighted by molar-refractivity contribution is -0.141. The van der Waals surface area contributed by atoms with Crippen molar-refractivity contribution in [1.82, 2.24) is 4.98 Å². The SMILES string of the molecule is COc1cc(Br)c(CC(=O)OCC(=O)c2ccc[nH]2)cc1OC. The third-order valence-electron chi connectivity index (χ3n) is 3.15. The van der Waals surface area contributed by atoms with Gasteiger partial charge in [0.05, 0.1) is 26.3 Å². The Bertz CT molecular complexity index is 697. The molecule has 6 nitrogen and oxygen atoms in total. The van der Waals surface area contributed by atoms with Gasteiger partial charge in [0, 0.05) is 10.7 Å². The average Bonchev–Trinajstić information content (AvgIpc) is 3.08. The number of hydrogen-bond acceptors (Lipinski definition) is 5. The van der Waals surface area contributed by atoms with E-state index in [1.54, 1.807) is 30.5 Å². The van der Waals surface area contributed by atoms with Gasteiger partial charge in [-0.05, 0) is 29.8 Å². The molecule has 23 heavy (non-hydrogen) atoms. The normalized spacial score (nSPS) is 10.2. The van der Waals surface area contributed by atoms with Crippen LogP contribution in [0.5, 0.6) is 11.5 Å². The lowest BCUT2D eigenvalue weighted by atomic mass is 10.1. The Balaban J connectivity index is 1.98. The summed E-state index contributed by atoms with van der Waals surface area (Å²) < 4.78 is 16.1. The number of H-pyrrole nitrogens is 1. The van der Waals surface area contributed by atoms with Crippen LogP contribution in [-0.4, -0.2) is 37.6 Å². The molecule has 0 amide bonds. The zero-order valence-electron chi connectivity index (χ0n) is 12.7. The van der Waals surface area contributed by atoms with Crippen molar-refractivity contribution in [3.05, 3.63) is 46.2 Å². The quantitative estimate of drug-likeness (QED) is 0.589. The van der Waals surface area contributed by atoms with Crippen molar-refractivity contribution >= 4 is 27.7 Å². The van der Waals surface area contributed by atoms with Gasteiger partial charge in [0.25, 0.3) is 0 Å². The van der Waals surface area contributed by atoms with Crippen LogP contribution < -0.4 is 9.47 Å². The summed E-state index contributed by atoms with van der Waals surface area (Å²) in [4.78, 5) is 26.4. The fraction of sp³-hybridized carbons (Fsp3) is 0.250. The number of rotatable bonds is 7. The van der Waals surface area contributed by atoms with E-state index in [1.165, 1.54) is 14.2 Å². The van der Waals surface area contributed by atoms with Gasteiger partial charge in [-0.1, -0.05) is 15.9 Å². The van der Waals surface area contributed by atoms with E-state index >= 15 is 0 Å². The minimum absolute atomic E-state index is 0.0128. The van der Waals surface area contributed by atoms with Crippen LogP contribution in [0.25, 0.3) is 0 Å². The van der Waals surface area contributed by atoms with E-state index in [9.17, 15) is 9.59 Å². The number of carbonyl (C=O) groups is 2. The molecule has 122 valence electrons. The summed E-state index contributed by atoms with van der Waals surface area (Å²) in [5.74, 6) is 0.284. The second kappa shape index (κ2) is 7.82. The molecule has 1 heterocycles. The van der Waals surface area contributed by atoms with Gasteiger partial charge in [-0.2, -0.15) is 0 Å². The number of ketones is 1. The number of esters is 1. The van der Waals surface area contributed by atoms with Crippen molar-refractivity contribution in [2.24, 2.45) is 0 Å². The highest BCUT2D eigenvalue weighted by molar-refractivity contribution is 9.10. The molecule has 0 fully saturated rings. The zero-order chi connectivity index (χ0) is 16.8. The van der Waals surface area contributed by atoms with Crippen LogP contribution in [0.1, 0.15) is 16.1 Å². The van der Waals surface area contributed by atoms with Gasteiger partial charge in [-0.25, -0.2) is 0 Å². The Morgan fingerprint density at radius 3 is 2.48 bits per heavy atom. The molecular weight excluding hydrogens is 366 g/mol. The molecule has 0 spiro atoms. The van der Waals surface area contributed by atoms with Crippen LogP contribution in [0.15, 0.2) is 34.9 Å². The van der Waals surface area contributed by atoms with E-state index in [0.29, 0.717) is 27.2 Å². The third kappa shape index (κ3) is 4.35. The van der Waals surface area contributed by atoms with Gasteiger partial charge in [-0.15, -0.1) is 0 Å². The van der Waals surface area contributed by atoms with E-state index in [2.05, 4.69) is 20.9 Å². The smallest absolute Gasteiger partial charge is 0.310 e. The highest BCUT2D eigenvalue weighted by Crippen LogP contribution is 2.33. The molecule has 0 aliphatic rings. The highest BCUT2D eigenvalue weighted by Gasteiger charge is 2.15. The fourth-order valence-corrected chi connectivity index (χ4v) is 2.43. The molecule has 0 aliphatic heterocycles. The van der Waals surface area contributed by atoms with Gasteiger partial charge in [0.1, 0.15) is 0 Å². The first kappa shape index (κ1) is 17.1. The van der Waals surface area contributed by atoms with Crippen LogP contribution in [-0.2, 0) is 16.0 Å². The fourth-order valence-electron chi connectivity index (χ4n) is 1.97. The number of ether oxygens (including phenoxy) is 3. The monoisotopic (exact) mass is 381 g/mol. The van der Waals surface area contributed by atoms with Crippen LogP contribution in [0.4, 0.5) is 0 Å². The predicted octanol–water partition coefficient (Wildman–Crippen LogP) is 2.76. The number of aromatic amines is 1. The number of aromatic nitrogens is 1. The Labute approximate surface area is 141 Å². The lowest BCUT2D eigenvalue weighted by Gasteiger charge is -2.11. The van der Waals surface area contributed by atoms with Crippen LogP contribution >= 0.6 is 15.9 Å². The Hall–Kier alpha value is -2.28. The Morgan fingerprint density at radius 2 is 1.87 bits per heavy atom. The van der Waals surface area contributed by atoms with Crippen LogP contribution in [0.2, 0.25) is 0 Å². The maximum Gasteiger partial charge on any atom is 0.310 e. The number of halogens is 1. The van der Waals surface area contributed by atoms with E-state index in [1.807, 2.05) is 0 Å². The first-order chi connectivity index (χ1) is 11.0. The third-order valence-corrected chi connectivity index (χ3v) is 3.89. The zero-order valence-corrected chi connectivity index (χ0v) is 14.3. The van der Waals surface area contributed by atoms with E-state index in [4.69, 9.17) is 14.2 Å². The van der Waals surface area contributed by atoms with Crippen molar-refractivity contribution in [1.29, 1.82) is 0 Å². The average molecular weight is 382 g/mol. The lowest BCUT2D eigenvalue weighted by Crippen LogP contribution is -2.16. The standard InChI is InChI=1S/C16H16BrNO5/c1-21-14-6-10(11(17)8-15(14)22-2)7-16(20)23-9-13(19)12-4-3-5-18-12/h3-6,8,18H,7,9H2,1-2H3. The number of benzene rings is 1. The maximum atomic E-state index is 11.9. The molecule has 0 unspecified atom stereocenters. The molecule has 7 heteroatoms.